The minimum Gasteiger partial charge on any atom is -0.476 e. The van der Waals surface area contributed by atoms with Crippen molar-refractivity contribution in [3.05, 3.63) is 41.2 Å². The summed E-state index contributed by atoms with van der Waals surface area (Å²) in [6.45, 7) is 0. The Morgan fingerprint density at radius 2 is 1.90 bits per heavy atom. The van der Waals surface area contributed by atoms with E-state index >= 15 is 0 Å². The fraction of sp³-hybridized carbons (Fsp3) is 0.375. The van der Waals surface area contributed by atoms with E-state index in [4.69, 9.17) is 0 Å². The van der Waals surface area contributed by atoms with Gasteiger partial charge in [-0.2, -0.15) is 5.10 Å². The maximum Gasteiger partial charge on any atom is 0.356 e. The number of nitrogens with zero attached hydrogens (tertiary/aromatic N) is 2. The van der Waals surface area contributed by atoms with Crippen LogP contribution in [0.2, 0.25) is 0 Å². The molecular weight excluding hydrogens is 284 g/mol. The van der Waals surface area contributed by atoms with E-state index < -0.39 is 5.97 Å². The number of carboxylic acids is 1. The number of aromatic carboxylic acids is 1. The van der Waals surface area contributed by atoms with Gasteiger partial charge in [0.15, 0.2) is 5.69 Å². The van der Waals surface area contributed by atoms with Gasteiger partial charge in [0.2, 0.25) is 0 Å². The van der Waals surface area contributed by atoms with Crippen molar-refractivity contribution in [1.82, 2.24) is 9.78 Å². The molecule has 1 aliphatic rings. The van der Waals surface area contributed by atoms with E-state index in [1.54, 1.807) is 11.8 Å². The van der Waals surface area contributed by atoms with Gasteiger partial charge < -0.3 is 5.11 Å². The molecule has 0 saturated carbocycles. The molecule has 0 unspecified atom stereocenters. The van der Waals surface area contributed by atoms with Crippen LogP contribution < -0.4 is 0 Å². The third-order valence-electron chi connectivity index (χ3n) is 3.95. The Morgan fingerprint density at radius 3 is 2.57 bits per heavy atom. The first kappa shape index (κ1) is 14.2. The van der Waals surface area contributed by atoms with Crippen LogP contribution >= 0.6 is 11.8 Å². The van der Waals surface area contributed by atoms with Gasteiger partial charge >= 0.3 is 5.97 Å². The number of thioether (sulfide) groups is 1. The number of fused-ring (bicyclic) bond motifs is 1. The normalized spacial score (nSPS) is 14.5. The summed E-state index contributed by atoms with van der Waals surface area (Å²) in [4.78, 5) is 12.6. The molecular formula is C16H18N2O2S. The summed E-state index contributed by atoms with van der Waals surface area (Å²) < 4.78 is 1.83. The van der Waals surface area contributed by atoms with E-state index in [-0.39, 0.29) is 5.69 Å². The molecule has 0 radical (unpaired) electrons. The monoisotopic (exact) mass is 302 g/mol. The highest BCUT2D eigenvalue weighted by atomic mass is 32.2. The zero-order chi connectivity index (χ0) is 14.8. The van der Waals surface area contributed by atoms with Crippen LogP contribution in [0, 0.1) is 0 Å². The second kappa shape index (κ2) is 5.93. The fourth-order valence-electron chi connectivity index (χ4n) is 2.88. The van der Waals surface area contributed by atoms with Crippen molar-refractivity contribution in [2.75, 3.05) is 6.26 Å². The number of rotatable bonds is 3. The average Bonchev–Trinajstić information content (AvgIpc) is 2.69. The topological polar surface area (TPSA) is 55.1 Å². The minimum atomic E-state index is -0.923. The van der Waals surface area contributed by atoms with E-state index in [0.29, 0.717) is 0 Å². The summed E-state index contributed by atoms with van der Waals surface area (Å²) in [7, 11) is 0. The molecule has 3 rings (SSSR count). The lowest BCUT2D eigenvalue weighted by Gasteiger charge is -2.08. The average molecular weight is 302 g/mol. The maximum atomic E-state index is 11.5. The molecule has 0 fully saturated rings. The van der Waals surface area contributed by atoms with E-state index in [0.717, 1.165) is 49.0 Å². The summed E-state index contributed by atoms with van der Waals surface area (Å²) in [5.41, 5.74) is 3.16. The largest absolute Gasteiger partial charge is 0.476 e. The van der Waals surface area contributed by atoms with Crippen LogP contribution in [0.15, 0.2) is 29.2 Å². The molecule has 1 aliphatic carbocycles. The number of carbonyl (C=O) groups is 1. The second-order valence-corrected chi connectivity index (χ2v) is 6.13. The molecule has 0 bridgehead atoms. The van der Waals surface area contributed by atoms with Crippen molar-refractivity contribution >= 4 is 17.7 Å². The van der Waals surface area contributed by atoms with Crippen molar-refractivity contribution in [2.24, 2.45) is 0 Å². The van der Waals surface area contributed by atoms with E-state index in [2.05, 4.69) is 5.10 Å². The summed E-state index contributed by atoms with van der Waals surface area (Å²) in [5, 5.41) is 13.8. The summed E-state index contributed by atoms with van der Waals surface area (Å²) in [6.07, 6.45) is 7.06. The SMILES string of the molecule is CSc1ccc(-n2nc(C(=O)O)c3c2CCCCC3)cc1. The molecule has 110 valence electrons. The molecule has 1 aromatic heterocycles. The van der Waals surface area contributed by atoms with Crippen molar-refractivity contribution in [3.8, 4) is 5.69 Å². The Bertz CT molecular complexity index is 662. The van der Waals surface area contributed by atoms with Crippen LogP contribution in [-0.2, 0) is 12.8 Å². The first-order valence-corrected chi connectivity index (χ1v) is 8.41. The van der Waals surface area contributed by atoms with Crippen molar-refractivity contribution < 1.29 is 9.90 Å². The number of carboxylic acid groups (broad SMARTS) is 1. The number of hydrogen-bond donors (Lipinski definition) is 1. The smallest absolute Gasteiger partial charge is 0.356 e. The van der Waals surface area contributed by atoms with Crippen LogP contribution in [0.1, 0.15) is 41.0 Å². The Kier molecular flexibility index (Phi) is 4.01. The van der Waals surface area contributed by atoms with Crippen LogP contribution in [0.25, 0.3) is 5.69 Å². The molecule has 0 spiro atoms. The van der Waals surface area contributed by atoms with Crippen molar-refractivity contribution in [2.45, 2.75) is 37.0 Å². The second-order valence-electron chi connectivity index (χ2n) is 5.25. The van der Waals surface area contributed by atoms with Crippen LogP contribution in [0.4, 0.5) is 0 Å². The molecule has 1 heterocycles. The molecule has 0 atom stereocenters. The van der Waals surface area contributed by atoms with Gasteiger partial charge in [0.1, 0.15) is 0 Å². The lowest BCUT2D eigenvalue weighted by atomic mass is 10.1. The van der Waals surface area contributed by atoms with Gasteiger partial charge in [-0.15, -0.1) is 11.8 Å². The van der Waals surface area contributed by atoms with Crippen molar-refractivity contribution in [1.29, 1.82) is 0 Å². The van der Waals surface area contributed by atoms with Gasteiger partial charge in [0.25, 0.3) is 0 Å². The minimum absolute atomic E-state index is 0.223. The first-order valence-electron chi connectivity index (χ1n) is 7.19. The molecule has 4 nitrogen and oxygen atoms in total. The van der Waals surface area contributed by atoms with E-state index in [1.165, 1.54) is 4.90 Å². The van der Waals surface area contributed by atoms with Crippen LogP contribution in [0.3, 0.4) is 0 Å². The van der Waals surface area contributed by atoms with Gasteiger partial charge in [-0.05, 0) is 56.2 Å². The number of hydrogen-bond acceptors (Lipinski definition) is 3. The van der Waals surface area contributed by atoms with Crippen molar-refractivity contribution in [3.63, 3.8) is 0 Å². The Hall–Kier alpha value is -1.75. The predicted octanol–water partition coefficient (Wildman–Crippen LogP) is 3.56. The Labute approximate surface area is 128 Å². The third kappa shape index (κ3) is 2.70. The molecule has 1 aromatic carbocycles. The summed E-state index contributed by atoms with van der Waals surface area (Å²) in [5.74, 6) is -0.923. The van der Waals surface area contributed by atoms with Crippen LogP contribution in [-0.4, -0.2) is 27.1 Å². The van der Waals surface area contributed by atoms with Gasteiger partial charge in [0, 0.05) is 16.2 Å². The standard InChI is InChI=1S/C16H18N2O2S/c1-21-12-9-7-11(8-10-12)18-14-6-4-2-3-5-13(14)15(17-18)16(19)20/h7-10H,2-6H2,1H3,(H,19,20). The highest BCUT2D eigenvalue weighted by molar-refractivity contribution is 7.98. The lowest BCUT2D eigenvalue weighted by molar-refractivity contribution is 0.0688. The molecule has 0 saturated heterocycles. The number of benzene rings is 1. The molecule has 2 aromatic rings. The Morgan fingerprint density at radius 1 is 1.19 bits per heavy atom. The molecule has 1 N–H and O–H groups in total. The van der Waals surface area contributed by atoms with E-state index in [9.17, 15) is 9.90 Å². The fourth-order valence-corrected chi connectivity index (χ4v) is 3.29. The van der Waals surface area contributed by atoms with Gasteiger partial charge in [-0.1, -0.05) is 6.42 Å². The molecule has 21 heavy (non-hydrogen) atoms. The Balaban J connectivity index is 2.10. The van der Waals surface area contributed by atoms with Gasteiger partial charge in [-0.25, -0.2) is 9.48 Å². The summed E-state index contributed by atoms with van der Waals surface area (Å²) >= 11 is 1.69. The highest BCUT2D eigenvalue weighted by Crippen LogP contribution is 2.27. The zero-order valence-corrected chi connectivity index (χ0v) is 12.8. The summed E-state index contributed by atoms with van der Waals surface area (Å²) in [6, 6.07) is 8.11. The van der Waals surface area contributed by atoms with Crippen LogP contribution in [0.5, 0.6) is 0 Å². The van der Waals surface area contributed by atoms with Gasteiger partial charge in [-0.3, -0.25) is 0 Å². The predicted molar refractivity (Wildman–Crippen MR) is 83.6 cm³/mol. The molecule has 0 amide bonds. The lowest BCUT2D eigenvalue weighted by Crippen LogP contribution is -2.04. The first-order chi connectivity index (χ1) is 10.2. The van der Waals surface area contributed by atoms with E-state index in [1.807, 2.05) is 35.2 Å². The molecule has 0 aliphatic heterocycles. The maximum absolute atomic E-state index is 11.5. The highest BCUT2D eigenvalue weighted by Gasteiger charge is 2.24. The molecule has 5 heteroatoms. The third-order valence-corrected chi connectivity index (χ3v) is 4.69. The zero-order valence-electron chi connectivity index (χ0n) is 12.0. The quantitative estimate of drug-likeness (QED) is 0.696. The number of aromatic nitrogens is 2. The van der Waals surface area contributed by atoms with Gasteiger partial charge in [0.05, 0.1) is 5.69 Å².